The normalized spacial score (nSPS) is 14.5. The van der Waals surface area contributed by atoms with Crippen LogP contribution in [0.15, 0.2) is 23.4 Å². The van der Waals surface area contributed by atoms with E-state index in [4.69, 9.17) is 0 Å². The van der Waals surface area contributed by atoms with E-state index < -0.39 is 0 Å². The summed E-state index contributed by atoms with van der Waals surface area (Å²) in [4.78, 5) is 0. The van der Waals surface area contributed by atoms with Gasteiger partial charge in [0.1, 0.15) is 0 Å². The lowest BCUT2D eigenvalue weighted by Crippen LogP contribution is -1.93. The van der Waals surface area contributed by atoms with Crippen LogP contribution in [-0.2, 0) is 0 Å². The maximum Gasteiger partial charge on any atom is 0.0635 e. The summed E-state index contributed by atoms with van der Waals surface area (Å²) >= 11 is 0. The zero-order valence-electron chi connectivity index (χ0n) is 3.58. The second-order valence-corrected chi connectivity index (χ2v) is 1.18. The Labute approximate surface area is 36.7 Å². The molecule has 1 aliphatic rings. The van der Waals surface area contributed by atoms with Crippen molar-refractivity contribution in [3.05, 3.63) is 23.4 Å². The Hall–Kier alpha value is -0.900. The van der Waals surface area contributed by atoms with E-state index in [2.05, 4.69) is 16.8 Å². The highest BCUT2D eigenvalue weighted by Crippen LogP contribution is 1.83. The van der Waals surface area contributed by atoms with Crippen molar-refractivity contribution in [2.75, 3.05) is 0 Å². The quantitative estimate of drug-likeness (QED) is 0.423. The molecule has 6 heavy (non-hydrogen) atoms. The maximum atomic E-state index is 2.89. The average molecular weight is 79.1 g/mol. The van der Waals surface area contributed by atoms with Gasteiger partial charge in [-0.2, -0.15) is 0 Å². The molecule has 0 bridgehead atoms. The van der Waals surface area contributed by atoms with Gasteiger partial charge in [0.05, 0.1) is 11.9 Å². The van der Waals surface area contributed by atoms with Gasteiger partial charge in [0.15, 0.2) is 0 Å². The molecule has 0 aliphatic carbocycles. The molecule has 1 heteroatoms. The Morgan fingerprint density at radius 3 is 2.83 bits per heavy atom. The Balaban J connectivity index is 3.07. The molecule has 1 aliphatic heterocycles. The third kappa shape index (κ3) is 0.367. The van der Waals surface area contributed by atoms with Crippen molar-refractivity contribution in [1.29, 1.82) is 0 Å². The predicted octanol–water partition coefficient (Wildman–Crippen LogP) is 0.761. The molecule has 0 aromatic rings. The topological polar surface area (TPSA) is 12.0 Å². The molecule has 0 aromatic heterocycles. The van der Waals surface area contributed by atoms with Gasteiger partial charge in [0, 0.05) is 0 Å². The molecule has 0 unspecified atom stereocenters. The molecule has 1 nitrogen and oxygen atoms in total. The van der Waals surface area contributed by atoms with E-state index in [-0.39, 0.29) is 0 Å². The van der Waals surface area contributed by atoms with Gasteiger partial charge in [-0.15, -0.1) is 0 Å². The van der Waals surface area contributed by atoms with Crippen LogP contribution in [-0.4, -0.2) is 0 Å². The van der Waals surface area contributed by atoms with Gasteiger partial charge in [-0.25, -0.2) is 0 Å². The Morgan fingerprint density at radius 1 is 1.83 bits per heavy atom. The minimum atomic E-state index is 1.04. The summed E-state index contributed by atoms with van der Waals surface area (Å²) in [5.74, 6) is 0. The Morgan fingerprint density at radius 2 is 2.67 bits per heavy atom. The first kappa shape index (κ1) is 3.30. The van der Waals surface area contributed by atoms with Crippen LogP contribution in [0.2, 0.25) is 0 Å². The van der Waals surface area contributed by atoms with Crippen molar-refractivity contribution < 1.29 is 0 Å². The number of hydrogen-bond donors (Lipinski definition) is 1. The highest BCUT2D eigenvalue weighted by molar-refractivity contribution is 5.05. The molecular weight excluding hydrogens is 74.1 g/mol. The molecule has 0 fully saturated rings. The Kier molecular flexibility index (Phi) is 0.582. The summed E-state index contributed by atoms with van der Waals surface area (Å²) in [7, 11) is 0. The molecule has 0 radical (unpaired) electrons. The molecule has 0 aromatic carbocycles. The third-order valence-electron chi connectivity index (χ3n) is 0.621. The molecular formula is C5H5N. The highest BCUT2D eigenvalue weighted by Gasteiger charge is 1.79. The van der Waals surface area contributed by atoms with Crippen molar-refractivity contribution in [2.24, 2.45) is 0 Å². The monoisotopic (exact) mass is 79.0 g/mol. The molecule has 1 N–H and O–H groups in total. The number of allylic oxidation sites excluding steroid dienone is 1. The number of rotatable bonds is 0. The van der Waals surface area contributed by atoms with E-state index in [1.165, 1.54) is 0 Å². The third-order valence-corrected chi connectivity index (χ3v) is 0.621. The lowest BCUT2D eigenvalue weighted by atomic mass is 10.6. The van der Waals surface area contributed by atoms with Crippen molar-refractivity contribution in [3.63, 3.8) is 0 Å². The average Bonchev–Trinajstić information content (AvgIpc) is 1.86. The number of nitrogens with one attached hydrogen (secondary N) is 1. The van der Waals surface area contributed by atoms with E-state index >= 15 is 0 Å². The van der Waals surface area contributed by atoms with Crippen LogP contribution in [0.1, 0.15) is 6.92 Å². The maximum absolute atomic E-state index is 2.89. The van der Waals surface area contributed by atoms with Gasteiger partial charge in [0.2, 0.25) is 0 Å². The zero-order valence-corrected chi connectivity index (χ0v) is 3.58. The minimum Gasteiger partial charge on any atom is -0.351 e. The van der Waals surface area contributed by atoms with Gasteiger partial charge in [-0.3, -0.25) is 0 Å². The van der Waals surface area contributed by atoms with Gasteiger partial charge in [0.25, 0.3) is 0 Å². The van der Waals surface area contributed by atoms with Crippen molar-refractivity contribution >= 4 is 0 Å². The first-order chi connectivity index (χ1) is 2.89. The minimum absolute atomic E-state index is 1.04. The fourth-order valence-corrected chi connectivity index (χ4v) is 0.325. The van der Waals surface area contributed by atoms with Crippen molar-refractivity contribution in [2.45, 2.75) is 6.92 Å². The molecule has 0 spiro atoms. The van der Waals surface area contributed by atoms with Crippen molar-refractivity contribution in [1.82, 2.24) is 5.32 Å². The smallest absolute Gasteiger partial charge is 0.0635 e. The number of hydrogen-bond acceptors (Lipinski definition) is 1. The molecule has 1 rings (SSSR count). The van der Waals surface area contributed by atoms with Crippen LogP contribution in [0, 0.1) is 0 Å². The molecule has 30 valence electrons. The second kappa shape index (κ2) is 1.06. The van der Waals surface area contributed by atoms with Gasteiger partial charge >= 0.3 is 0 Å². The molecule has 1 heterocycles. The van der Waals surface area contributed by atoms with Crippen molar-refractivity contribution in [3.8, 4) is 0 Å². The van der Waals surface area contributed by atoms with E-state index in [9.17, 15) is 0 Å². The van der Waals surface area contributed by atoms with Crippen LogP contribution in [0.25, 0.3) is 0 Å². The lowest BCUT2D eigenvalue weighted by molar-refractivity contribution is 1.09. The molecule has 0 atom stereocenters. The van der Waals surface area contributed by atoms with Crippen LogP contribution >= 0.6 is 0 Å². The van der Waals surface area contributed by atoms with Gasteiger partial charge in [-0.05, 0) is 12.7 Å². The summed E-state index contributed by atoms with van der Waals surface area (Å²) in [6, 6.07) is 0. The fourth-order valence-electron chi connectivity index (χ4n) is 0.325. The summed E-state index contributed by atoms with van der Waals surface area (Å²) in [5, 5.41) is 2.89. The first-order valence-corrected chi connectivity index (χ1v) is 1.83. The van der Waals surface area contributed by atoms with Crippen LogP contribution in [0.3, 0.4) is 0 Å². The van der Waals surface area contributed by atoms with Crippen LogP contribution < -0.4 is 5.32 Å². The zero-order chi connectivity index (χ0) is 4.41. The predicted molar refractivity (Wildman–Crippen MR) is 23.9 cm³/mol. The van der Waals surface area contributed by atoms with E-state index in [0.717, 1.165) is 5.70 Å². The van der Waals surface area contributed by atoms with E-state index in [1.54, 1.807) is 6.20 Å². The SMILES string of the molecule is CC1=C=C=CN1. The molecule has 0 amide bonds. The summed E-state index contributed by atoms with van der Waals surface area (Å²) in [6.45, 7) is 1.94. The Bertz CT molecular complexity index is 143. The first-order valence-electron chi connectivity index (χ1n) is 1.83. The highest BCUT2D eigenvalue weighted by atomic mass is 14.8. The standard InChI is InChI=1S/C5H5N/c1-5-3-2-4-6-5/h4,6H,1H3. The van der Waals surface area contributed by atoms with E-state index in [0.29, 0.717) is 0 Å². The van der Waals surface area contributed by atoms with Crippen LogP contribution in [0.5, 0.6) is 0 Å². The van der Waals surface area contributed by atoms with E-state index in [1.807, 2.05) is 6.92 Å². The van der Waals surface area contributed by atoms with Crippen LogP contribution in [0.4, 0.5) is 0 Å². The summed E-state index contributed by atoms with van der Waals surface area (Å²) in [5.41, 5.74) is 6.61. The second-order valence-electron chi connectivity index (χ2n) is 1.18. The molecule has 0 saturated carbocycles. The lowest BCUT2D eigenvalue weighted by Gasteiger charge is -1.83. The fraction of sp³-hybridized carbons (Fsp3) is 0.200. The largest absolute Gasteiger partial charge is 0.351 e. The summed E-state index contributed by atoms with van der Waals surface area (Å²) < 4.78 is 0. The summed E-state index contributed by atoms with van der Waals surface area (Å²) in [6.07, 6.45) is 1.73. The van der Waals surface area contributed by atoms with Gasteiger partial charge in [-0.1, -0.05) is 5.73 Å². The molecule has 0 saturated heterocycles. The van der Waals surface area contributed by atoms with Gasteiger partial charge < -0.3 is 5.32 Å².